The highest BCUT2D eigenvalue weighted by Gasteiger charge is 2.30. The first-order valence-electron chi connectivity index (χ1n) is 10.8. The minimum Gasteiger partial charge on any atom is -0.357 e. The summed E-state index contributed by atoms with van der Waals surface area (Å²) in [6.45, 7) is 0.224. The van der Waals surface area contributed by atoms with Crippen LogP contribution in [0.5, 0.6) is 0 Å². The minimum absolute atomic E-state index is 0.224. The Balaban J connectivity index is 1.55. The highest BCUT2D eigenvalue weighted by atomic mass is 19.4. The summed E-state index contributed by atoms with van der Waals surface area (Å²) in [7, 11) is 1.69. The lowest BCUT2D eigenvalue weighted by molar-refractivity contribution is -0.137. The van der Waals surface area contributed by atoms with E-state index in [0.717, 1.165) is 12.1 Å². The van der Waals surface area contributed by atoms with Crippen LogP contribution in [0, 0.1) is 5.82 Å². The Morgan fingerprint density at radius 3 is 2.47 bits per heavy atom. The Morgan fingerprint density at radius 1 is 1.00 bits per heavy atom. The Hall–Kier alpha value is -4.54. The number of pyridine rings is 1. The van der Waals surface area contributed by atoms with Gasteiger partial charge in [0.1, 0.15) is 11.5 Å². The van der Waals surface area contributed by atoms with Crippen molar-refractivity contribution in [3.63, 3.8) is 0 Å². The lowest BCUT2D eigenvalue weighted by atomic mass is 10.1. The maximum Gasteiger partial charge on any atom is 0.416 e. The van der Waals surface area contributed by atoms with Gasteiger partial charge < -0.3 is 9.88 Å². The lowest BCUT2D eigenvalue weighted by Crippen LogP contribution is -2.20. The molecule has 11 heteroatoms. The summed E-state index contributed by atoms with van der Waals surface area (Å²) in [6.07, 6.45) is -1.29. The van der Waals surface area contributed by atoms with Crippen molar-refractivity contribution in [1.29, 1.82) is 0 Å². The second-order valence-electron chi connectivity index (χ2n) is 7.97. The van der Waals surface area contributed by atoms with Gasteiger partial charge in [0.25, 0.3) is 5.56 Å². The zero-order chi connectivity index (χ0) is 25.4. The summed E-state index contributed by atoms with van der Waals surface area (Å²) >= 11 is 0. The summed E-state index contributed by atoms with van der Waals surface area (Å²) < 4.78 is 55.9. The van der Waals surface area contributed by atoms with Crippen LogP contribution < -0.4 is 10.9 Å². The molecule has 5 aromatic rings. The number of hydrogen-bond acceptors (Lipinski definition) is 5. The van der Waals surface area contributed by atoms with Crippen LogP contribution in [0.15, 0.2) is 77.9 Å². The van der Waals surface area contributed by atoms with Crippen LogP contribution in [0.2, 0.25) is 0 Å². The zero-order valence-corrected chi connectivity index (χ0v) is 18.8. The number of nitrogens with zero attached hydrogens (tertiary/aromatic N) is 5. The molecular formula is C25H18F4N6O. The number of halogens is 4. The third-order valence-corrected chi connectivity index (χ3v) is 5.62. The topological polar surface area (TPSA) is 77.6 Å². The highest BCUT2D eigenvalue weighted by Crippen LogP contribution is 2.32. The monoisotopic (exact) mass is 494 g/mol. The van der Waals surface area contributed by atoms with Crippen LogP contribution in [-0.2, 0) is 12.7 Å². The molecule has 0 aliphatic heterocycles. The summed E-state index contributed by atoms with van der Waals surface area (Å²) in [5.41, 5.74) is 1.08. The molecule has 2 aromatic carbocycles. The van der Waals surface area contributed by atoms with Crippen LogP contribution in [0.25, 0.3) is 27.8 Å². The third kappa shape index (κ3) is 4.42. The average molecular weight is 494 g/mol. The predicted molar refractivity (Wildman–Crippen MR) is 126 cm³/mol. The van der Waals surface area contributed by atoms with Gasteiger partial charge in [-0.3, -0.25) is 4.79 Å². The molecule has 0 unspecified atom stereocenters. The fourth-order valence-corrected chi connectivity index (χ4v) is 3.85. The van der Waals surface area contributed by atoms with Gasteiger partial charge in [0, 0.05) is 42.5 Å². The SMILES string of the molecule is CNc1nccc(Cn2ccc(-c3nn(-c4ccc(C(F)(F)F)cc4)c4cc(F)ccc34)cc2=O)n1. The van der Waals surface area contributed by atoms with E-state index in [9.17, 15) is 22.4 Å². The maximum absolute atomic E-state index is 14.1. The van der Waals surface area contributed by atoms with Gasteiger partial charge in [0.2, 0.25) is 5.95 Å². The van der Waals surface area contributed by atoms with Gasteiger partial charge in [-0.1, -0.05) is 0 Å². The van der Waals surface area contributed by atoms with Gasteiger partial charge in [-0.15, -0.1) is 0 Å². The van der Waals surface area contributed by atoms with E-state index in [0.29, 0.717) is 39.5 Å². The molecule has 182 valence electrons. The maximum atomic E-state index is 14.1. The molecule has 0 radical (unpaired) electrons. The van der Waals surface area contributed by atoms with Crippen molar-refractivity contribution in [3.8, 4) is 16.9 Å². The summed E-state index contributed by atoms with van der Waals surface area (Å²) in [6, 6.07) is 13.3. The fraction of sp³-hybridized carbons (Fsp3) is 0.120. The molecular weight excluding hydrogens is 476 g/mol. The van der Waals surface area contributed by atoms with Gasteiger partial charge >= 0.3 is 6.18 Å². The van der Waals surface area contributed by atoms with Crippen LogP contribution in [-0.4, -0.2) is 31.4 Å². The van der Waals surface area contributed by atoms with Crippen molar-refractivity contribution in [2.24, 2.45) is 0 Å². The van der Waals surface area contributed by atoms with Crippen molar-refractivity contribution in [2.75, 3.05) is 12.4 Å². The first-order chi connectivity index (χ1) is 17.2. The van der Waals surface area contributed by atoms with Crippen molar-refractivity contribution < 1.29 is 17.6 Å². The first-order valence-corrected chi connectivity index (χ1v) is 10.8. The normalized spacial score (nSPS) is 11.7. The summed E-state index contributed by atoms with van der Waals surface area (Å²) in [5, 5.41) is 7.92. The molecule has 0 bridgehead atoms. The quantitative estimate of drug-likeness (QED) is 0.352. The molecule has 0 amide bonds. The molecule has 0 atom stereocenters. The molecule has 0 aliphatic rings. The molecule has 0 fully saturated rings. The Labute approximate surface area is 201 Å². The van der Waals surface area contributed by atoms with Crippen molar-refractivity contribution in [1.82, 2.24) is 24.3 Å². The van der Waals surface area contributed by atoms with E-state index in [1.807, 2.05) is 0 Å². The number of hydrogen-bond donors (Lipinski definition) is 1. The Morgan fingerprint density at radius 2 is 1.78 bits per heavy atom. The molecule has 36 heavy (non-hydrogen) atoms. The molecule has 0 saturated carbocycles. The third-order valence-electron chi connectivity index (χ3n) is 5.62. The minimum atomic E-state index is -4.48. The van der Waals surface area contributed by atoms with Gasteiger partial charge in [0.05, 0.1) is 29.0 Å². The van der Waals surface area contributed by atoms with Crippen LogP contribution in [0.3, 0.4) is 0 Å². The van der Waals surface area contributed by atoms with Crippen LogP contribution in [0.1, 0.15) is 11.3 Å². The van der Waals surface area contributed by atoms with E-state index in [2.05, 4.69) is 20.4 Å². The fourth-order valence-electron chi connectivity index (χ4n) is 3.85. The molecule has 0 saturated heterocycles. The number of alkyl halides is 3. The molecule has 0 aliphatic carbocycles. The molecule has 0 spiro atoms. The van der Waals surface area contributed by atoms with E-state index in [-0.39, 0.29) is 12.1 Å². The van der Waals surface area contributed by atoms with Crippen molar-refractivity contribution in [3.05, 3.63) is 100 Å². The van der Waals surface area contributed by atoms with E-state index in [1.165, 1.54) is 45.6 Å². The average Bonchev–Trinajstić information content (AvgIpc) is 3.23. The van der Waals surface area contributed by atoms with Crippen molar-refractivity contribution >= 4 is 16.9 Å². The smallest absolute Gasteiger partial charge is 0.357 e. The number of anilines is 1. The Kier molecular flexibility index (Phi) is 5.75. The second kappa shape index (κ2) is 8.91. The van der Waals surface area contributed by atoms with Crippen molar-refractivity contribution in [2.45, 2.75) is 12.7 Å². The number of fused-ring (bicyclic) bond motifs is 1. The highest BCUT2D eigenvalue weighted by molar-refractivity contribution is 5.94. The Bertz CT molecular complexity index is 1620. The second-order valence-corrected chi connectivity index (χ2v) is 7.97. The summed E-state index contributed by atoms with van der Waals surface area (Å²) in [5.74, 6) is -0.0898. The number of benzene rings is 2. The zero-order valence-electron chi connectivity index (χ0n) is 18.8. The van der Waals surface area contributed by atoms with Crippen LogP contribution >= 0.6 is 0 Å². The number of rotatable bonds is 5. The van der Waals surface area contributed by atoms with E-state index >= 15 is 0 Å². The molecule has 5 rings (SSSR count). The van der Waals surface area contributed by atoms with E-state index in [4.69, 9.17) is 0 Å². The summed E-state index contributed by atoms with van der Waals surface area (Å²) in [4.78, 5) is 21.2. The lowest BCUT2D eigenvalue weighted by Gasteiger charge is -2.08. The standard InChI is InChI=1S/C25H18F4N6O/c1-30-24-31-10-8-18(32-24)14-34-11-9-15(12-22(34)36)23-20-7-4-17(26)13-21(20)35(33-23)19-5-2-16(3-6-19)25(27,28)29/h2-13H,14H2,1H3,(H,30,31,32). The number of nitrogens with one attached hydrogen (secondary N) is 1. The largest absolute Gasteiger partial charge is 0.416 e. The van der Waals surface area contributed by atoms with Crippen LogP contribution in [0.4, 0.5) is 23.5 Å². The van der Waals surface area contributed by atoms with Gasteiger partial charge in [-0.25, -0.2) is 19.0 Å². The number of aromatic nitrogens is 5. The molecule has 1 N–H and O–H groups in total. The van der Waals surface area contributed by atoms with Gasteiger partial charge in [0.15, 0.2) is 0 Å². The molecule has 3 aromatic heterocycles. The van der Waals surface area contributed by atoms with Gasteiger partial charge in [-0.2, -0.15) is 18.3 Å². The first kappa shape index (κ1) is 23.2. The van der Waals surface area contributed by atoms with Gasteiger partial charge in [-0.05, 0) is 48.5 Å². The van der Waals surface area contributed by atoms with E-state index < -0.39 is 17.6 Å². The molecule has 7 nitrogen and oxygen atoms in total. The molecule has 3 heterocycles. The predicted octanol–water partition coefficient (Wildman–Crippen LogP) is 4.89. The van der Waals surface area contributed by atoms with E-state index in [1.54, 1.807) is 31.6 Å².